The van der Waals surface area contributed by atoms with Crippen LogP contribution in [0.3, 0.4) is 0 Å². The third-order valence-electron chi connectivity index (χ3n) is 5.27. The molecule has 3 aromatic rings. The number of nitrogens with two attached hydrogens (primary N) is 2. The molecule has 0 bridgehead atoms. The van der Waals surface area contributed by atoms with Gasteiger partial charge in [-0.2, -0.15) is 0 Å². The van der Waals surface area contributed by atoms with Gasteiger partial charge in [-0.05, 0) is 80.1 Å². The summed E-state index contributed by atoms with van der Waals surface area (Å²) in [5.41, 5.74) is 18.0. The Bertz CT molecular complexity index is 1170. The number of allylic oxidation sites excluding steroid dienone is 1. The first kappa shape index (κ1) is 19.4. The molecule has 0 radical (unpaired) electrons. The smallest absolute Gasteiger partial charge is 0.191 e. The number of rotatable bonds is 3. The zero-order valence-electron chi connectivity index (χ0n) is 16.4. The lowest BCUT2D eigenvalue weighted by molar-refractivity contribution is 0.631. The van der Waals surface area contributed by atoms with Gasteiger partial charge in [0.25, 0.3) is 0 Å². The maximum absolute atomic E-state index is 14.8. The van der Waals surface area contributed by atoms with Crippen molar-refractivity contribution < 1.29 is 4.39 Å². The summed E-state index contributed by atoms with van der Waals surface area (Å²) < 4.78 is 14.8. The first-order valence-electron chi connectivity index (χ1n) is 9.53. The highest BCUT2D eigenvalue weighted by Gasteiger charge is 2.20. The Kier molecular flexibility index (Phi) is 5.01. The number of aromatic nitrogens is 1. The number of guanidine groups is 1. The Hall–Kier alpha value is -2.92. The number of aryl methyl sites for hydroxylation is 2. The molecular formula is C23H22ClFN4. The molecule has 1 aromatic heterocycles. The maximum atomic E-state index is 14.8. The molecule has 0 unspecified atom stereocenters. The van der Waals surface area contributed by atoms with E-state index < -0.39 is 0 Å². The van der Waals surface area contributed by atoms with Crippen LogP contribution in [0.4, 0.5) is 4.39 Å². The summed E-state index contributed by atoms with van der Waals surface area (Å²) in [5.74, 6) is -0.342. The predicted octanol–water partition coefficient (Wildman–Crippen LogP) is 5.48. The monoisotopic (exact) mass is 408 g/mol. The van der Waals surface area contributed by atoms with Gasteiger partial charge in [0.2, 0.25) is 0 Å². The Morgan fingerprint density at radius 3 is 2.52 bits per heavy atom. The summed E-state index contributed by atoms with van der Waals surface area (Å²) in [7, 11) is 0. The number of nitrogens with zero attached hydrogens (tertiary/aromatic N) is 2. The molecular weight excluding hydrogens is 387 g/mol. The molecule has 4 N–H and O–H groups in total. The summed E-state index contributed by atoms with van der Waals surface area (Å²) in [4.78, 5) is 9.10. The lowest BCUT2D eigenvalue weighted by Crippen LogP contribution is -2.23. The van der Waals surface area contributed by atoms with Crippen LogP contribution in [0.1, 0.15) is 36.1 Å². The Morgan fingerprint density at radius 2 is 1.90 bits per heavy atom. The lowest BCUT2D eigenvalue weighted by Gasteiger charge is -2.21. The van der Waals surface area contributed by atoms with Crippen molar-refractivity contribution in [1.82, 2.24) is 4.98 Å². The van der Waals surface area contributed by atoms with Gasteiger partial charge in [-0.15, -0.1) is 0 Å². The lowest BCUT2D eigenvalue weighted by atomic mass is 9.87. The van der Waals surface area contributed by atoms with Crippen molar-refractivity contribution in [2.45, 2.75) is 33.1 Å². The van der Waals surface area contributed by atoms with Gasteiger partial charge in [-0.25, -0.2) is 9.38 Å². The van der Waals surface area contributed by atoms with E-state index in [9.17, 15) is 4.39 Å². The quantitative estimate of drug-likeness (QED) is 0.445. The van der Waals surface area contributed by atoms with E-state index in [2.05, 4.69) is 4.99 Å². The average Bonchev–Trinajstić information content (AvgIpc) is 2.59. The SMILES string of the molecule is Cc1cc(-c2c(F)cccc2Cl)c2cc(C(N=C(N)N)=C3CCC3)cc(C)c2n1. The molecule has 0 atom stereocenters. The van der Waals surface area contributed by atoms with Crippen LogP contribution in [0.15, 0.2) is 47.0 Å². The van der Waals surface area contributed by atoms with Crippen LogP contribution in [0.5, 0.6) is 0 Å². The maximum Gasteiger partial charge on any atom is 0.191 e. The van der Waals surface area contributed by atoms with Gasteiger partial charge in [-0.1, -0.05) is 17.7 Å². The van der Waals surface area contributed by atoms with Gasteiger partial charge in [0, 0.05) is 22.2 Å². The van der Waals surface area contributed by atoms with Crippen molar-refractivity contribution in [3.05, 3.63) is 69.6 Å². The third kappa shape index (κ3) is 3.58. The zero-order chi connectivity index (χ0) is 20.7. The minimum atomic E-state index is -0.366. The van der Waals surface area contributed by atoms with E-state index >= 15 is 0 Å². The molecule has 2 aromatic carbocycles. The van der Waals surface area contributed by atoms with Crippen molar-refractivity contribution in [2.75, 3.05) is 0 Å². The summed E-state index contributed by atoms with van der Waals surface area (Å²) in [6.45, 7) is 3.88. The molecule has 29 heavy (non-hydrogen) atoms. The molecule has 1 saturated carbocycles. The number of pyridine rings is 1. The van der Waals surface area contributed by atoms with Gasteiger partial charge in [0.1, 0.15) is 5.82 Å². The van der Waals surface area contributed by atoms with Crippen LogP contribution >= 0.6 is 11.6 Å². The number of fused-ring (bicyclic) bond motifs is 1. The van der Waals surface area contributed by atoms with Gasteiger partial charge in [0.05, 0.1) is 16.2 Å². The fraction of sp³-hybridized carbons (Fsp3) is 0.217. The highest BCUT2D eigenvalue weighted by Crippen LogP contribution is 2.40. The topological polar surface area (TPSA) is 77.3 Å². The standard InChI is InChI=1S/C23H22ClFN4/c1-12-9-15(22(29-23(26)27)14-5-3-6-14)11-17-16(10-13(2)28-21(12)17)20-18(24)7-4-8-19(20)25/h4,7-11H,3,5-6H2,1-2H3,(H4,26,27,29). The Morgan fingerprint density at radius 1 is 1.14 bits per heavy atom. The van der Waals surface area contributed by atoms with Crippen molar-refractivity contribution in [3.63, 3.8) is 0 Å². The molecule has 0 aliphatic heterocycles. The molecule has 0 saturated heterocycles. The van der Waals surface area contributed by atoms with Crippen LogP contribution in [0.25, 0.3) is 27.7 Å². The van der Waals surface area contributed by atoms with Crippen LogP contribution < -0.4 is 11.5 Å². The Labute approximate surface area is 174 Å². The first-order chi connectivity index (χ1) is 13.8. The molecule has 1 aliphatic rings. The predicted molar refractivity (Wildman–Crippen MR) is 118 cm³/mol. The van der Waals surface area contributed by atoms with Crippen LogP contribution in [-0.4, -0.2) is 10.9 Å². The fourth-order valence-corrected chi connectivity index (χ4v) is 4.06. The van der Waals surface area contributed by atoms with Crippen LogP contribution in [0, 0.1) is 19.7 Å². The molecule has 4 rings (SSSR count). The molecule has 6 heteroatoms. The van der Waals surface area contributed by atoms with Crippen molar-refractivity contribution >= 4 is 34.2 Å². The van der Waals surface area contributed by atoms with Crippen LogP contribution in [0.2, 0.25) is 5.02 Å². The highest BCUT2D eigenvalue weighted by molar-refractivity contribution is 6.33. The fourth-order valence-electron chi connectivity index (χ4n) is 3.79. The molecule has 148 valence electrons. The molecule has 4 nitrogen and oxygen atoms in total. The second kappa shape index (κ2) is 7.48. The second-order valence-electron chi connectivity index (χ2n) is 7.44. The van der Waals surface area contributed by atoms with E-state index in [1.807, 2.05) is 32.0 Å². The highest BCUT2D eigenvalue weighted by atomic mass is 35.5. The van der Waals surface area contributed by atoms with E-state index in [0.717, 1.165) is 52.7 Å². The van der Waals surface area contributed by atoms with Crippen molar-refractivity contribution in [3.8, 4) is 11.1 Å². The van der Waals surface area contributed by atoms with Gasteiger partial charge < -0.3 is 11.5 Å². The second-order valence-corrected chi connectivity index (χ2v) is 7.85. The normalized spacial score (nSPS) is 13.3. The molecule has 0 spiro atoms. The minimum Gasteiger partial charge on any atom is -0.370 e. The van der Waals surface area contributed by atoms with E-state index in [1.165, 1.54) is 11.6 Å². The number of benzene rings is 2. The average molecular weight is 409 g/mol. The molecule has 1 aliphatic carbocycles. The van der Waals surface area contributed by atoms with Gasteiger partial charge in [-0.3, -0.25) is 4.98 Å². The van der Waals surface area contributed by atoms with E-state index in [4.69, 9.17) is 28.1 Å². The van der Waals surface area contributed by atoms with Crippen molar-refractivity contribution in [1.29, 1.82) is 0 Å². The van der Waals surface area contributed by atoms with Gasteiger partial charge >= 0.3 is 0 Å². The van der Waals surface area contributed by atoms with E-state index in [-0.39, 0.29) is 11.8 Å². The summed E-state index contributed by atoms with van der Waals surface area (Å²) in [6, 6.07) is 10.6. The Balaban J connectivity index is 2.05. The van der Waals surface area contributed by atoms with Crippen LogP contribution in [-0.2, 0) is 0 Å². The third-order valence-corrected chi connectivity index (χ3v) is 5.59. The molecule has 1 heterocycles. The summed E-state index contributed by atoms with van der Waals surface area (Å²) >= 11 is 6.39. The number of aliphatic imine (C=N–C) groups is 1. The molecule has 1 fully saturated rings. The minimum absolute atomic E-state index is 0.0246. The van der Waals surface area contributed by atoms with E-state index in [0.29, 0.717) is 16.1 Å². The largest absolute Gasteiger partial charge is 0.370 e. The zero-order valence-corrected chi connectivity index (χ0v) is 17.1. The summed E-state index contributed by atoms with van der Waals surface area (Å²) in [6.07, 6.45) is 3.07. The number of hydrogen-bond acceptors (Lipinski definition) is 2. The van der Waals surface area contributed by atoms with E-state index in [1.54, 1.807) is 12.1 Å². The number of hydrogen-bond donors (Lipinski definition) is 2. The molecule has 0 amide bonds. The number of halogens is 2. The summed E-state index contributed by atoms with van der Waals surface area (Å²) in [5, 5.41) is 1.18. The first-order valence-corrected chi connectivity index (χ1v) is 9.91. The van der Waals surface area contributed by atoms with Crippen molar-refractivity contribution in [2.24, 2.45) is 16.5 Å². The van der Waals surface area contributed by atoms with Gasteiger partial charge in [0.15, 0.2) is 5.96 Å².